The Bertz CT molecular complexity index is 661. The van der Waals surface area contributed by atoms with Crippen LogP contribution in [0.5, 0.6) is 18.0 Å². The van der Waals surface area contributed by atoms with Gasteiger partial charge in [-0.1, -0.05) is 0 Å². The zero-order chi connectivity index (χ0) is 15.5. The van der Waals surface area contributed by atoms with Gasteiger partial charge in [-0.3, -0.25) is 0 Å². The van der Waals surface area contributed by atoms with E-state index in [-0.39, 0.29) is 18.0 Å². The fourth-order valence-corrected chi connectivity index (χ4v) is 1.87. The van der Waals surface area contributed by atoms with E-state index in [1.165, 1.54) is 18.6 Å². The van der Waals surface area contributed by atoms with Crippen molar-refractivity contribution in [3.63, 3.8) is 0 Å². The molecule has 22 heavy (non-hydrogen) atoms. The van der Waals surface area contributed by atoms with Gasteiger partial charge in [-0.2, -0.15) is 0 Å². The van der Waals surface area contributed by atoms with Crippen LogP contribution in [-0.2, 0) is 0 Å². The molecule has 13 heteroatoms. The minimum Gasteiger partial charge on any atom is -0.461 e. The third kappa shape index (κ3) is 3.87. The van der Waals surface area contributed by atoms with Gasteiger partial charge >= 0.3 is 7.32 Å². The second-order valence-electron chi connectivity index (χ2n) is 3.86. The first-order valence-electron chi connectivity index (χ1n) is 5.80. The Hall–Kier alpha value is -1.86. The zero-order valence-corrected chi connectivity index (χ0v) is 13.4. The van der Waals surface area contributed by atoms with Crippen molar-refractivity contribution in [1.29, 1.82) is 0 Å². The first-order chi connectivity index (χ1) is 10.6. The van der Waals surface area contributed by atoms with Crippen LogP contribution in [0, 0.1) is 0 Å². The van der Waals surface area contributed by atoms with Crippen LogP contribution in [0.4, 0.5) is 0 Å². The van der Waals surface area contributed by atoms with Crippen molar-refractivity contribution in [2.45, 2.75) is 15.1 Å². The average Bonchev–Trinajstić information content (AvgIpc) is 3.14. The molecular weight excluding hydrogens is 347 g/mol. The van der Waals surface area contributed by atoms with Gasteiger partial charge in [-0.15, -0.1) is 37.9 Å². The first-order valence-corrected chi connectivity index (χ1v) is 7.14. The van der Waals surface area contributed by atoms with Crippen LogP contribution >= 0.6 is 37.9 Å². The molecule has 0 saturated carbocycles. The Morgan fingerprint density at radius 1 is 0.682 bits per heavy atom. The lowest BCUT2D eigenvalue weighted by atomic mass is 10.2. The lowest BCUT2D eigenvalue weighted by Gasteiger charge is -2.11. The van der Waals surface area contributed by atoms with E-state index in [9.17, 15) is 0 Å². The molecule has 9 nitrogen and oxygen atoms in total. The molecule has 0 bridgehead atoms. The van der Waals surface area contributed by atoms with Crippen molar-refractivity contribution in [3.8, 4) is 18.0 Å². The molecule has 0 radical (unpaired) electrons. The van der Waals surface area contributed by atoms with Crippen molar-refractivity contribution >= 4 is 45.2 Å². The molecule has 3 N–H and O–H groups in total. The Kier molecular flexibility index (Phi) is 4.45. The summed E-state index contributed by atoms with van der Waals surface area (Å²) in [6, 6.07) is 0.473. The van der Waals surface area contributed by atoms with Crippen LogP contribution in [0.2, 0.25) is 0 Å². The summed E-state index contributed by atoms with van der Waals surface area (Å²) < 4.78 is 16.3. The van der Waals surface area contributed by atoms with E-state index in [0.29, 0.717) is 15.1 Å². The van der Waals surface area contributed by atoms with E-state index < -0.39 is 7.32 Å². The van der Waals surface area contributed by atoms with E-state index in [1.54, 1.807) is 0 Å². The number of hydrogen-bond acceptors (Lipinski definition) is 9. The Morgan fingerprint density at radius 3 is 1.23 bits per heavy atom. The third-order valence-corrected chi connectivity index (χ3v) is 2.92. The molecule has 114 valence electrons. The van der Waals surface area contributed by atoms with Gasteiger partial charge in [0.2, 0.25) is 0 Å². The van der Waals surface area contributed by atoms with Gasteiger partial charge in [0, 0.05) is 0 Å². The van der Waals surface area contributed by atoms with Gasteiger partial charge in [0.05, 0.1) is 33.7 Å². The minimum atomic E-state index is -1.21. The zero-order valence-electron chi connectivity index (χ0n) is 10.7. The molecule has 0 atom stereocenters. The quantitative estimate of drug-likeness (QED) is 0.293. The van der Waals surface area contributed by atoms with Gasteiger partial charge in [0.1, 0.15) is 0 Å². The van der Waals surface area contributed by atoms with Crippen LogP contribution in [0.25, 0.3) is 0 Å². The number of nitrogens with one attached hydrogen (secondary N) is 3. The molecule has 0 amide bonds. The summed E-state index contributed by atoms with van der Waals surface area (Å²) in [5, 5.41) is 1.58. The number of thiol groups is 3. The second-order valence-corrected chi connectivity index (χ2v) is 5.31. The maximum atomic E-state index is 5.43. The summed E-state index contributed by atoms with van der Waals surface area (Å²) in [7, 11) is -1.21. The maximum Gasteiger partial charge on any atom is 0.870 e. The smallest absolute Gasteiger partial charge is 0.461 e. The van der Waals surface area contributed by atoms with Crippen LogP contribution in [0.1, 0.15) is 0 Å². The Balaban J connectivity index is 1.74. The molecule has 0 unspecified atom stereocenters. The lowest BCUT2D eigenvalue weighted by molar-refractivity contribution is 0.279. The first kappa shape index (κ1) is 15.1. The fourth-order valence-electron chi connectivity index (χ4n) is 1.41. The number of rotatable bonds is 6. The van der Waals surface area contributed by atoms with E-state index >= 15 is 0 Å². The number of H-pyrrole nitrogens is 3. The van der Waals surface area contributed by atoms with E-state index in [1.807, 2.05) is 0 Å². The summed E-state index contributed by atoms with van der Waals surface area (Å²) in [5.74, 6) is 0. The standard InChI is InChI=1S/C9H9BN6O3S3/c20-4-1-11-7(14-4)17-10(18-8-12-2-5(21)15-8)19-9-13-3-6(22)16-9/h1-3,20-22H,(H,11,14)(H,12,15)(H,13,16). The Labute approximate surface area is 141 Å². The molecule has 3 rings (SSSR count). The predicted molar refractivity (Wildman–Crippen MR) is 85.2 cm³/mol. The summed E-state index contributed by atoms with van der Waals surface area (Å²) in [6.07, 6.45) is 4.44. The van der Waals surface area contributed by atoms with E-state index in [2.05, 4.69) is 67.8 Å². The van der Waals surface area contributed by atoms with Gasteiger partial charge in [-0.05, 0) is 0 Å². The van der Waals surface area contributed by atoms with Gasteiger partial charge in [0.25, 0.3) is 18.0 Å². The number of aromatic amines is 3. The summed E-state index contributed by atoms with van der Waals surface area (Å²) in [5.41, 5.74) is 0. The van der Waals surface area contributed by atoms with Gasteiger partial charge in [-0.25, -0.2) is 15.0 Å². The molecule has 0 saturated heterocycles. The van der Waals surface area contributed by atoms with Crippen molar-refractivity contribution in [2.24, 2.45) is 0 Å². The molecule has 3 heterocycles. The maximum absolute atomic E-state index is 5.43. The van der Waals surface area contributed by atoms with Crippen molar-refractivity contribution in [3.05, 3.63) is 18.6 Å². The SMILES string of the molecule is Sc1cnc(OB(Oc2ncc(S)[nH]2)Oc2ncc(S)[nH]2)[nH]1. The summed E-state index contributed by atoms with van der Waals surface area (Å²) in [4.78, 5) is 20.1. The number of imidazole rings is 3. The minimum absolute atomic E-state index is 0.158. The Morgan fingerprint density at radius 2 is 1.00 bits per heavy atom. The number of aromatic nitrogens is 6. The molecule has 0 fully saturated rings. The number of nitrogens with zero attached hydrogens (tertiary/aromatic N) is 3. The van der Waals surface area contributed by atoms with Crippen molar-refractivity contribution < 1.29 is 14.0 Å². The molecule has 0 aliphatic heterocycles. The normalized spacial score (nSPS) is 10.5. The molecule has 0 spiro atoms. The second kappa shape index (κ2) is 6.50. The largest absolute Gasteiger partial charge is 0.870 e. The van der Waals surface area contributed by atoms with Crippen LogP contribution < -0.4 is 14.0 Å². The van der Waals surface area contributed by atoms with Crippen LogP contribution in [0.15, 0.2) is 33.7 Å². The molecule has 3 aromatic rings. The average molecular weight is 356 g/mol. The highest BCUT2D eigenvalue weighted by molar-refractivity contribution is 7.80. The van der Waals surface area contributed by atoms with E-state index in [0.717, 1.165) is 0 Å². The lowest BCUT2D eigenvalue weighted by Crippen LogP contribution is -2.38. The van der Waals surface area contributed by atoms with Gasteiger partial charge in [0.15, 0.2) is 0 Å². The van der Waals surface area contributed by atoms with Crippen molar-refractivity contribution in [1.82, 2.24) is 29.9 Å². The van der Waals surface area contributed by atoms with Crippen LogP contribution in [-0.4, -0.2) is 37.2 Å². The fraction of sp³-hybridized carbons (Fsp3) is 0. The number of hydrogen-bond donors (Lipinski definition) is 6. The third-order valence-electron chi connectivity index (χ3n) is 2.24. The summed E-state index contributed by atoms with van der Waals surface area (Å²) in [6.45, 7) is 0. The molecule has 0 aliphatic rings. The summed E-state index contributed by atoms with van der Waals surface area (Å²) >= 11 is 12.3. The van der Waals surface area contributed by atoms with E-state index in [4.69, 9.17) is 14.0 Å². The predicted octanol–water partition coefficient (Wildman–Crippen LogP) is 1.24. The van der Waals surface area contributed by atoms with Gasteiger partial charge < -0.3 is 28.9 Å². The highest BCUT2D eigenvalue weighted by Gasteiger charge is 2.33. The monoisotopic (exact) mass is 356 g/mol. The van der Waals surface area contributed by atoms with Crippen LogP contribution in [0.3, 0.4) is 0 Å². The highest BCUT2D eigenvalue weighted by atomic mass is 32.1. The molecule has 3 aromatic heterocycles. The van der Waals surface area contributed by atoms with Crippen molar-refractivity contribution in [2.75, 3.05) is 0 Å². The topological polar surface area (TPSA) is 114 Å². The molecule has 0 aromatic carbocycles. The molecular formula is C9H9BN6O3S3. The highest BCUT2D eigenvalue weighted by Crippen LogP contribution is 2.15. The molecule has 0 aliphatic carbocycles.